The Morgan fingerprint density at radius 3 is 2.26 bits per heavy atom. The molecule has 6 nitrogen and oxygen atoms in total. The molecule has 1 aromatic heterocycles. The average Bonchev–Trinajstić information content (AvgIpc) is 2.74. The van der Waals surface area contributed by atoms with Gasteiger partial charge in [-0.2, -0.15) is 0 Å². The molecule has 0 bridgehead atoms. The highest BCUT2D eigenvalue weighted by molar-refractivity contribution is 5.50. The number of nitrogens with zero attached hydrogens (tertiary/aromatic N) is 5. The quantitative estimate of drug-likeness (QED) is 0.822. The van der Waals surface area contributed by atoms with Gasteiger partial charge in [-0.25, -0.2) is 14.4 Å². The van der Waals surface area contributed by atoms with Crippen LogP contribution in [0.5, 0.6) is 0 Å². The van der Waals surface area contributed by atoms with Crippen molar-refractivity contribution >= 4 is 11.6 Å². The zero-order chi connectivity index (χ0) is 18.6. The Balaban J connectivity index is 1.39. The minimum atomic E-state index is -0.172. The Morgan fingerprint density at radius 1 is 0.926 bits per heavy atom. The summed E-state index contributed by atoms with van der Waals surface area (Å²) in [6.07, 6.45) is 1.65. The Bertz CT molecular complexity index is 760. The number of aromatic nitrogens is 2. The van der Waals surface area contributed by atoms with Crippen LogP contribution in [-0.4, -0.2) is 67.4 Å². The number of piperazine rings is 1. The van der Waals surface area contributed by atoms with E-state index in [1.807, 2.05) is 6.07 Å². The van der Waals surface area contributed by atoms with Crippen molar-refractivity contribution in [3.05, 3.63) is 48.0 Å². The molecular formula is C20H26FN5O. The highest BCUT2D eigenvalue weighted by Gasteiger charge is 2.24. The molecule has 1 aromatic carbocycles. The van der Waals surface area contributed by atoms with Crippen LogP contribution in [0.15, 0.2) is 36.7 Å². The van der Waals surface area contributed by atoms with Crippen molar-refractivity contribution in [3.8, 4) is 0 Å². The number of anilines is 2. The molecule has 7 heteroatoms. The van der Waals surface area contributed by atoms with Crippen molar-refractivity contribution in [2.75, 3.05) is 62.3 Å². The van der Waals surface area contributed by atoms with E-state index in [2.05, 4.69) is 37.7 Å². The van der Waals surface area contributed by atoms with E-state index in [0.29, 0.717) is 0 Å². The molecule has 1 unspecified atom stereocenters. The molecule has 0 saturated carbocycles. The van der Waals surface area contributed by atoms with Crippen LogP contribution in [0.3, 0.4) is 0 Å². The first-order chi connectivity index (χ1) is 13.2. The first-order valence-corrected chi connectivity index (χ1v) is 9.60. The third kappa shape index (κ3) is 4.20. The Hall–Kier alpha value is -2.25. The van der Waals surface area contributed by atoms with Gasteiger partial charge in [-0.15, -0.1) is 0 Å². The molecule has 0 N–H and O–H groups in total. The van der Waals surface area contributed by atoms with Gasteiger partial charge in [0.05, 0.1) is 13.2 Å². The fourth-order valence-corrected chi connectivity index (χ4v) is 3.79. The van der Waals surface area contributed by atoms with Gasteiger partial charge in [-0.1, -0.05) is 12.1 Å². The predicted octanol–water partition coefficient (Wildman–Crippen LogP) is 2.34. The summed E-state index contributed by atoms with van der Waals surface area (Å²) in [5.41, 5.74) is 1.03. The molecule has 3 heterocycles. The van der Waals surface area contributed by atoms with Crippen molar-refractivity contribution < 1.29 is 9.13 Å². The standard InChI is InChI=1S/C20H26FN5O/c1-16(17-3-2-4-18(21)13-17)24-5-7-25(8-6-24)19-14-20(23-15-22-19)26-9-11-27-12-10-26/h2-4,13-16H,5-12H2,1H3. The molecule has 2 fully saturated rings. The number of morpholine rings is 1. The van der Waals surface area contributed by atoms with Crippen LogP contribution in [0.25, 0.3) is 0 Å². The van der Waals surface area contributed by atoms with E-state index < -0.39 is 0 Å². The molecule has 2 aliphatic rings. The maximum absolute atomic E-state index is 13.5. The van der Waals surface area contributed by atoms with Gasteiger partial charge in [0.25, 0.3) is 0 Å². The Kier molecular flexibility index (Phi) is 5.50. The highest BCUT2D eigenvalue weighted by Crippen LogP contribution is 2.25. The summed E-state index contributed by atoms with van der Waals surface area (Å²) in [7, 11) is 0. The van der Waals surface area contributed by atoms with Crippen molar-refractivity contribution in [2.45, 2.75) is 13.0 Å². The second kappa shape index (κ2) is 8.19. The van der Waals surface area contributed by atoms with Crippen LogP contribution in [0.4, 0.5) is 16.0 Å². The Labute approximate surface area is 159 Å². The van der Waals surface area contributed by atoms with E-state index in [1.54, 1.807) is 18.5 Å². The zero-order valence-corrected chi connectivity index (χ0v) is 15.7. The van der Waals surface area contributed by atoms with Crippen LogP contribution in [-0.2, 0) is 4.74 Å². The minimum Gasteiger partial charge on any atom is -0.378 e. The van der Waals surface area contributed by atoms with Gasteiger partial charge in [0.15, 0.2) is 0 Å². The monoisotopic (exact) mass is 371 g/mol. The molecule has 0 aliphatic carbocycles. The smallest absolute Gasteiger partial charge is 0.134 e. The van der Waals surface area contributed by atoms with E-state index in [9.17, 15) is 4.39 Å². The number of halogens is 1. The van der Waals surface area contributed by atoms with Crippen molar-refractivity contribution in [1.82, 2.24) is 14.9 Å². The highest BCUT2D eigenvalue weighted by atomic mass is 19.1. The third-order valence-corrected chi connectivity index (χ3v) is 5.49. The van der Waals surface area contributed by atoms with Crippen molar-refractivity contribution in [2.24, 2.45) is 0 Å². The number of hydrogen-bond donors (Lipinski definition) is 0. The van der Waals surface area contributed by atoms with Gasteiger partial charge >= 0.3 is 0 Å². The van der Waals surface area contributed by atoms with Crippen LogP contribution in [0.2, 0.25) is 0 Å². The van der Waals surface area contributed by atoms with E-state index >= 15 is 0 Å². The lowest BCUT2D eigenvalue weighted by Gasteiger charge is -2.39. The van der Waals surface area contributed by atoms with E-state index in [1.165, 1.54) is 6.07 Å². The van der Waals surface area contributed by atoms with Gasteiger partial charge in [0.1, 0.15) is 23.8 Å². The lowest BCUT2D eigenvalue weighted by Crippen LogP contribution is -2.47. The van der Waals surface area contributed by atoms with Gasteiger partial charge in [0, 0.05) is 51.4 Å². The Morgan fingerprint density at radius 2 is 1.59 bits per heavy atom. The average molecular weight is 371 g/mol. The zero-order valence-electron chi connectivity index (χ0n) is 15.7. The first kappa shape index (κ1) is 18.1. The van der Waals surface area contributed by atoms with Crippen LogP contribution >= 0.6 is 0 Å². The normalized spacial score (nSPS) is 19.9. The molecule has 0 radical (unpaired) electrons. The van der Waals surface area contributed by atoms with Crippen LogP contribution in [0.1, 0.15) is 18.5 Å². The molecule has 1 atom stereocenters. The topological polar surface area (TPSA) is 44.7 Å². The summed E-state index contributed by atoms with van der Waals surface area (Å²) in [6.45, 7) is 9.03. The summed E-state index contributed by atoms with van der Waals surface area (Å²) in [5.74, 6) is 1.78. The minimum absolute atomic E-state index is 0.172. The van der Waals surface area contributed by atoms with Gasteiger partial charge in [0.2, 0.25) is 0 Å². The second-order valence-corrected chi connectivity index (χ2v) is 7.09. The number of benzene rings is 1. The molecule has 144 valence electrons. The van der Waals surface area contributed by atoms with E-state index in [0.717, 1.165) is 69.7 Å². The number of hydrogen-bond acceptors (Lipinski definition) is 6. The largest absolute Gasteiger partial charge is 0.378 e. The fraction of sp³-hybridized carbons (Fsp3) is 0.500. The predicted molar refractivity (Wildman–Crippen MR) is 104 cm³/mol. The molecule has 2 aliphatic heterocycles. The van der Waals surface area contributed by atoms with E-state index in [-0.39, 0.29) is 11.9 Å². The van der Waals surface area contributed by atoms with Crippen molar-refractivity contribution in [3.63, 3.8) is 0 Å². The molecule has 27 heavy (non-hydrogen) atoms. The SMILES string of the molecule is CC(c1cccc(F)c1)N1CCN(c2cc(N3CCOCC3)ncn2)CC1. The molecule has 0 amide bonds. The van der Waals surface area contributed by atoms with Gasteiger partial charge < -0.3 is 14.5 Å². The van der Waals surface area contributed by atoms with Crippen LogP contribution in [0, 0.1) is 5.82 Å². The molecule has 2 aromatic rings. The lowest BCUT2D eigenvalue weighted by molar-refractivity contribution is 0.122. The van der Waals surface area contributed by atoms with E-state index in [4.69, 9.17) is 4.74 Å². The summed E-state index contributed by atoms with van der Waals surface area (Å²) in [5, 5.41) is 0. The maximum Gasteiger partial charge on any atom is 0.134 e. The van der Waals surface area contributed by atoms with Gasteiger partial charge in [-0.05, 0) is 24.6 Å². The summed E-state index contributed by atoms with van der Waals surface area (Å²) in [6, 6.07) is 9.20. The summed E-state index contributed by atoms with van der Waals surface area (Å²) >= 11 is 0. The van der Waals surface area contributed by atoms with Crippen molar-refractivity contribution in [1.29, 1.82) is 0 Å². The second-order valence-electron chi connectivity index (χ2n) is 7.09. The first-order valence-electron chi connectivity index (χ1n) is 9.60. The molecule has 2 saturated heterocycles. The van der Waals surface area contributed by atoms with Crippen LogP contribution < -0.4 is 9.80 Å². The molecular weight excluding hydrogens is 345 g/mol. The molecule has 4 rings (SSSR count). The van der Waals surface area contributed by atoms with Gasteiger partial charge in [-0.3, -0.25) is 4.90 Å². The lowest BCUT2D eigenvalue weighted by atomic mass is 10.1. The number of ether oxygens (including phenoxy) is 1. The maximum atomic E-state index is 13.5. The third-order valence-electron chi connectivity index (χ3n) is 5.49. The summed E-state index contributed by atoms with van der Waals surface area (Å²) in [4.78, 5) is 15.9. The molecule has 0 spiro atoms. The number of rotatable bonds is 4. The summed E-state index contributed by atoms with van der Waals surface area (Å²) < 4.78 is 18.9. The fourth-order valence-electron chi connectivity index (χ4n) is 3.79.